The first-order valence-corrected chi connectivity index (χ1v) is 9.83. The summed E-state index contributed by atoms with van der Waals surface area (Å²) in [6.45, 7) is 3.77. The molecule has 3 nitrogen and oxygen atoms in total. The SMILES string of the molecule is c1ccc(CCCSc2nsnc2[C@@H]2CN3CC[C@H]2C3)cc1. The first-order chi connectivity index (χ1) is 10.9. The van der Waals surface area contributed by atoms with Crippen LogP contribution in [0.3, 0.4) is 0 Å². The maximum Gasteiger partial charge on any atom is 0.134 e. The molecule has 0 amide bonds. The van der Waals surface area contributed by atoms with E-state index in [-0.39, 0.29) is 0 Å². The fourth-order valence-electron chi connectivity index (χ4n) is 3.70. The first kappa shape index (κ1) is 14.7. The molecule has 2 saturated heterocycles. The molecule has 0 N–H and O–H groups in total. The Morgan fingerprint density at radius 1 is 1.18 bits per heavy atom. The van der Waals surface area contributed by atoms with Crippen LogP contribution in [0.5, 0.6) is 0 Å². The van der Waals surface area contributed by atoms with E-state index in [0.717, 1.165) is 18.1 Å². The monoisotopic (exact) mass is 331 g/mol. The third-order valence-corrected chi connectivity index (χ3v) is 6.58. The standard InChI is InChI=1S/C17H21N3S2/c1-2-5-13(6-3-1)7-4-10-21-17-16(18-22-19-17)15-12-20-9-8-14(15)11-20/h1-3,5-6,14-15H,4,7-12H2/t14-,15+/m0/s1. The highest BCUT2D eigenvalue weighted by atomic mass is 32.2. The van der Waals surface area contributed by atoms with Gasteiger partial charge in [0.25, 0.3) is 0 Å². The fraction of sp³-hybridized carbons (Fsp3) is 0.529. The van der Waals surface area contributed by atoms with E-state index >= 15 is 0 Å². The van der Waals surface area contributed by atoms with Crippen molar-refractivity contribution in [1.82, 2.24) is 13.6 Å². The molecule has 5 heteroatoms. The molecule has 3 heterocycles. The van der Waals surface area contributed by atoms with Crippen LogP contribution in [0.1, 0.15) is 30.0 Å². The van der Waals surface area contributed by atoms with Crippen LogP contribution in [0, 0.1) is 5.92 Å². The van der Waals surface area contributed by atoms with Gasteiger partial charge in [-0.3, -0.25) is 0 Å². The molecule has 2 aliphatic rings. The van der Waals surface area contributed by atoms with Crippen LogP contribution in [0.25, 0.3) is 0 Å². The van der Waals surface area contributed by atoms with Crippen LogP contribution < -0.4 is 0 Å². The molecule has 0 aliphatic carbocycles. The molecule has 2 aromatic rings. The highest BCUT2D eigenvalue weighted by Gasteiger charge is 2.41. The molecule has 2 fully saturated rings. The van der Waals surface area contributed by atoms with Gasteiger partial charge in [0.15, 0.2) is 0 Å². The van der Waals surface area contributed by atoms with E-state index in [2.05, 4.69) is 44.0 Å². The topological polar surface area (TPSA) is 29.0 Å². The third kappa shape index (κ3) is 3.07. The van der Waals surface area contributed by atoms with Gasteiger partial charge in [-0.25, -0.2) is 0 Å². The molecule has 4 rings (SSSR count). The number of hydrogen-bond acceptors (Lipinski definition) is 5. The van der Waals surface area contributed by atoms with E-state index in [4.69, 9.17) is 0 Å². The second-order valence-electron chi connectivity index (χ2n) is 6.31. The fourth-order valence-corrected chi connectivity index (χ4v) is 5.41. The Morgan fingerprint density at radius 3 is 2.86 bits per heavy atom. The minimum atomic E-state index is 0.643. The van der Waals surface area contributed by atoms with Crippen LogP contribution in [0.4, 0.5) is 0 Å². The number of fused-ring (bicyclic) bond motifs is 2. The van der Waals surface area contributed by atoms with Crippen LogP contribution in [0.2, 0.25) is 0 Å². The van der Waals surface area contributed by atoms with Crippen molar-refractivity contribution < 1.29 is 0 Å². The largest absolute Gasteiger partial charge is 0.302 e. The lowest BCUT2D eigenvalue weighted by Gasteiger charge is -2.20. The number of benzene rings is 1. The number of hydrogen-bond donors (Lipinski definition) is 0. The van der Waals surface area contributed by atoms with Crippen molar-refractivity contribution in [3.63, 3.8) is 0 Å². The smallest absolute Gasteiger partial charge is 0.134 e. The molecule has 22 heavy (non-hydrogen) atoms. The predicted molar refractivity (Wildman–Crippen MR) is 92.7 cm³/mol. The van der Waals surface area contributed by atoms with Gasteiger partial charge in [-0.15, -0.1) is 11.8 Å². The molecular weight excluding hydrogens is 310 g/mol. The minimum absolute atomic E-state index is 0.643. The van der Waals surface area contributed by atoms with Gasteiger partial charge in [0.2, 0.25) is 0 Å². The summed E-state index contributed by atoms with van der Waals surface area (Å²) in [7, 11) is 0. The molecule has 1 aromatic carbocycles. The van der Waals surface area contributed by atoms with Gasteiger partial charge in [0.1, 0.15) is 5.03 Å². The second-order valence-corrected chi connectivity index (χ2v) is 7.92. The van der Waals surface area contributed by atoms with Crippen molar-refractivity contribution in [2.24, 2.45) is 5.92 Å². The maximum absolute atomic E-state index is 4.64. The average molecular weight is 332 g/mol. The Balaban J connectivity index is 1.31. The van der Waals surface area contributed by atoms with E-state index in [0.29, 0.717) is 5.92 Å². The van der Waals surface area contributed by atoms with E-state index in [1.165, 1.54) is 60.5 Å². The van der Waals surface area contributed by atoms with E-state index in [1.807, 2.05) is 11.8 Å². The minimum Gasteiger partial charge on any atom is -0.302 e. The first-order valence-electron chi connectivity index (χ1n) is 8.11. The van der Waals surface area contributed by atoms with Gasteiger partial charge in [-0.2, -0.15) is 8.75 Å². The van der Waals surface area contributed by atoms with Gasteiger partial charge in [-0.05, 0) is 43.0 Å². The molecule has 0 saturated carbocycles. The normalized spacial score (nSPS) is 26.6. The van der Waals surface area contributed by atoms with Crippen molar-refractivity contribution in [3.8, 4) is 0 Å². The zero-order valence-corrected chi connectivity index (χ0v) is 14.3. The molecule has 0 radical (unpaired) electrons. The molecule has 3 atom stereocenters. The van der Waals surface area contributed by atoms with Gasteiger partial charge in [-0.1, -0.05) is 30.3 Å². The summed E-state index contributed by atoms with van der Waals surface area (Å²) in [5, 5.41) is 1.21. The molecule has 2 bridgehead atoms. The number of thioether (sulfide) groups is 1. The zero-order valence-electron chi connectivity index (χ0n) is 12.6. The Bertz CT molecular complexity index is 613. The quantitative estimate of drug-likeness (QED) is 0.596. The lowest BCUT2D eigenvalue weighted by atomic mass is 9.90. The summed E-state index contributed by atoms with van der Waals surface area (Å²) in [6, 6.07) is 10.7. The van der Waals surface area contributed by atoms with Gasteiger partial charge in [0, 0.05) is 19.0 Å². The summed E-state index contributed by atoms with van der Waals surface area (Å²) in [6.07, 6.45) is 3.70. The van der Waals surface area contributed by atoms with Crippen molar-refractivity contribution in [2.75, 3.05) is 25.4 Å². The number of nitrogens with zero attached hydrogens (tertiary/aromatic N) is 3. The van der Waals surface area contributed by atoms with Crippen molar-refractivity contribution in [2.45, 2.75) is 30.2 Å². The van der Waals surface area contributed by atoms with Gasteiger partial charge < -0.3 is 4.90 Å². The number of aromatic nitrogens is 2. The Kier molecular flexibility index (Phi) is 4.46. The average Bonchev–Trinajstić information content (AvgIpc) is 3.28. The molecule has 1 aromatic heterocycles. The van der Waals surface area contributed by atoms with E-state index in [1.54, 1.807) is 0 Å². The third-order valence-electron chi connectivity index (χ3n) is 4.86. The molecule has 1 unspecified atom stereocenters. The summed E-state index contributed by atoms with van der Waals surface area (Å²) in [4.78, 5) is 2.58. The van der Waals surface area contributed by atoms with Crippen LogP contribution in [0.15, 0.2) is 35.4 Å². The molecule has 116 valence electrons. The van der Waals surface area contributed by atoms with Crippen LogP contribution in [-0.4, -0.2) is 39.0 Å². The molecule has 0 spiro atoms. The number of rotatable bonds is 6. The number of aryl methyl sites for hydroxylation is 1. The zero-order chi connectivity index (χ0) is 14.8. The lowest BCUT2D eigenvalue weighted by molar-refractivity contribution is 0.342. The van der Waals surface area contributed by atoms with Crippen LogP contribution in [-0.2, 0) is 6.42 Å². The predicted octanol–water partition coefficient (Wildman–Crippen LogP) is 3.68. The van der Waals surface area contributed by atoms with Crippen molar-refractivity contribution >= 4 is 23.5 Å². The second kappa shape index (κ2) is 6.69. The summed E-state index contributed by atoms with van der Waals surface area (Å²) in [5.74, 6) is 2.60. The highest BCUT2D eigenvalue weighted by molar-refractivity contribution is 7.99. The lowest BCUT2D eigenvalue weighted by Crippen LogP contribution is -2.22. The van der Waals surface area contributed by atoms with Crippen molar-refractivity contribution in [1.29, 1.82) is 0 Å². The molecule has 2 aliphatic heterocycles. The van der Waals surface area contributed by atoms with E-state index in [9.17, 15) is 0 Å². The summed E-state index contributed by atoms with van der Waals surface area (Å²) in [5.41, 5.74) is 2.72. The maximum atomic E-state index is 4.64. The van der Waals surface area contributed by atoms with Crippen LogP contribution >= 0.6 is 23.5 Å². The Morgan fingerprint density at radius 2 is 2.09 bits per heavy atom. The van der Waals surface area contributed by atoms with Gasteiger partial charge >= 0.3 is 0 Å². The highest BCUT2D eigenvalue weighted by Crippen LogP contribution is 2.42. The Hall–Kier alpha value is -0.910. The summed E-state index contributed by atoms with van der Waals surface area (Å²) >= 11 is 3.30. The number of piperidine rings is 1. The molecular formula is C17H21N3S2. The van der Waals surface area contributed by atoms with Crippen molar-refractivity contribution in [3.05, 3.63) is 41.6 Å². The Labute approximate surface area is 140 Å². The van der Waals surface area contributed by atoms with E-state index < -0.39 is 0 Å². The van der Waals surface area contributed by atoms with Gasteiger partial charge in [0.05, 0.1) is 17.4 Å². The summed E-state index contributed by atoms with van der Waals surface area (Å²) < 4.78 is 9.20.